The van der Waals surface area contributed by atoms with Gasteiger partial charge in [-0.15, -0.1) is 0 Å². The monoisotopic (exact) mass is 464 g/mol. The van der Waals surface area contributed by atoms with E-state index in [1.165, 1.54) is 17.7 Å². The molecular weight excluding hydrogens is 431 g/mol. The molecule has 1 aliphatic heterocycles. The number of ether oxygens (including phenoxy) is 1. The molecule has 1 aliphatic rings. The highest BCUT2D eigenvalue weighted by molar-refractivity contribution is 5.94. The van der Waals surface area contributed by atoms with Gasteiger partial charge >= 0.3 is 0 Å². The number of halogens is 1. The van der Waals surface area contributed by atoms with Gasteiger partial charge < -0.3 is 14.1 Å². The number of rotatable bonds is 9. The third-order valence-corrected chi connectivity index (χ3v) is 6.44. The summed E-state index contributed by atoms with van der Waals surface area (Å²) in [6, 6.07) is 18.0. The molecule has 1 saturated heterocycles. The van der Waals surface area contributed by atoms with Gasteiger partial charge in [-0.2, -0.15) is 0 Å². The number of hydrogen-bond donors (Lipinski definition) is 0. The number of carbonyl (C=O) groups is 1. The lowest BCUT2D eigenvalue weighted by molar-refractivity contribution is 0.0703. The van der Waals surface area contributed by atoms with E-state index in [4.69, 9.17) is 9.15 Å². The molecule has 0 spiro atoms. The maximum absolute atomic E-state index is 13.4. The third kappa shape index (κ3) is 5.86. The average molecular weight is 465 g/mol. The second-order valence-electron chi connectivity index (χ2n) is 9.52. The molecule has 2 unspecified atom stereocenters. The minimum atomic E-state index is -0.337. The molecule has 3 aromatic rings. The molecule has 1 fully saturated rings. The van der Waals surface area contributed by atoms with Crippen molar-refractivity contribution in [2.75, 3.05) is 33.3 Å². The molecule has 0 radical (unpaired) electrons. The average Bonchev–Trinajstić information content (AvgIpc) is 3.48. The fraction of sp³-hybridized carbons (Fsp3) is 0.393. The highest BCUT2D eigenvalue weighted by Gasteiger charge is 2.36. The predicted octanol–water partition coefficient (Wildman–Crippen LogP) is 5.44. The number of hydrogen-bond acceptors (Lipinski definition) is 4. The summed E-state index contributed by atoms with van der Waals surface area (Å²) < 4.78 is 24.4. The zero-order valence-corrected chi connectivity index (χ0v) is 20.1. The van der Waals surface area contributed by atoms with Gasteiger partial charge in [0.25, 0.3) is 5.91 Å². The van der Waals surface area contributed by atoms with Crippen LogP contribution in [0.5, 0.6) is 5.75 Å². The Morgan fingerprint density at radius 1 is 1.12 bits per heavy atom. The molecule has 0 saturated carbocycles. The van der Waals surface area contributed by atoms with Crippen LogP contribution in [0, 0.1) is 17.7 Å². The lowest BCUT2D eigenvalue weighted by Crippen LogP contribution is -2.39. The molecule has 180 valence electrons. The van der Waals surface area contributed by atoms with E-state index in [1.807, 2.05) is 29.2 Å². The van der Waals surface area contributed by atoms with Crippen LogP contribution in [-0.4, -0.2) is 49.0 Å². The van der Waals surface area contributed by atoms with Gasteiger partial charge in [0.1, 0.15) is 17.3 Å². The van der Waals surface area contributed by atoms with E-state index >= 15 is 0 Å². The molecule has 0 aliphatic carbocycles. The molecule has 0 N–H and O–H groups in total. The summed E-state index contributed by atoms with van der Waals surface area (Å²) in [5, 5.41) is 0. The lowest BCUT2D eigenvalue weighted by atomic mass is 9.88. The summed E-state index contributed by atoms with van der Waals surface area (Å²) in [5.74, 6) is 2.24. The maximum Gasteiger partial charge on any atom is 0.253 e. The van der Waals surface area contributed by atoms with Crippen LogP contribution in [0.3, 0.4) is 0 Å². The Kier molecular flexibility index (Phi) is 7.68. The summed E-state index contributed by atoms with van der Waals surface area (Å²) in [6.45, 7) is 8.01. The van der Waals surface area contributed by atoms with Crippen LogP contribution in [-0.2, 0) is 6.54 Å². The second kappa shape index (κ2) is 10.9. The Bertz CT molecular complexity index is 1050. The van der Waals surface area contributed by atoms with Gasteiger partial charge in [0.2, 0.25) is 0 Å². The first-order valence-corrected chi connectivity index (χ1v) is 11.9. The molecule has 34 heavy (non-hydrogen) atoms. The van der Waals surface area contributed by atoms with Crippen molar-refractivity contribution in [3.8, 4) is 5.75 Å². The molecular formula is C28H33FN2O3. The molecule has 0 bridgehead atoms. The standard InChI is InChI=1S/C28H33FN2O3/c1-20(2)15-31(28(32)22-6-10-24(29)11-7-22)17-23-16-30(18-26-5-4-14-34-26)19-27(23)21-8-12-25(33-3)13-9-21/h4-14,20,23,27H,15-19H2,1-3H3. The van der Waals surface area contributed by atoms with Gasteiger partial charge in [0.15, 0.2) is 0 Å². The molecule has 5 nitrogen and oxygen atoms in total. The van der Waals surface area contributed by atoms with Crippen LogP contribution in [0.4, 0.5) is 4.39 Å². The Morgan fingerprint density at radius 3 is 2.47 bits per heavy atom. The quantitative estimate of drug-likeness (QED) is 0.423. The predicted molar refractivity (Wildman–Crippen MR) is 130 cm³/mol. The first-order valence-electron chi connectivity index (χ1n) is 11.9. The highest BCUT2D eigenvalue weighted by atomic mass is 19.1. The van der Waals surface area contributed by atoms with Gasteiger partial charge in [0.05, 0.1) is 19.9 Å². The van der Waals surface area contributed by atoms with Crippen molar-refractivity contribution in [3.05, 3.63) is 89.6 Å². The van der Waals surface area contributed by atoms with Crippen molar-refractivity contribution in [1.82, 2.24) is 9.80 Å². The van der Waals surface area contributed by atoms with Gasteiger partial charge in [-0.25, -0.2) is 4.39 Å². The number of furan rings is 1. The summed E-state index contributed by atoms with van der Waals surface area (Å²) in [5.41, 5.74) is 1.76. The Hall–Kier alpha value is -3.12. The topological polar surface area (TPSA) is 45.9 Å². The van der Waals surface area contributed by atoms with Gasteiger partial charge in [-0.05, 0) is 65.9 Å². The largest absolute Gasteiger partial charge is 0.497 e. The summed E-state index contributed by atoms with van der Waals surface area (Å²) in [4.78, 5) is 17.7. The van der Waals surface area contributed by atoms with E-state index in [9.17, 15) is 9.18 Å². The fourth-order valence-electron chi connectivity index (χ4n) is 4.87. The molecule has 2 heterocycles. The summed E-state index contributed by atoms with van der Waals surface area (Å²) in [6.07, 6.45) is 1.70. The van der Waals surface area contributed by atoms with Crippen LogP contribution >= 0.6 is 0 Å². The van der Waals surface area contributed by atoms with Gasteiger partial charge in [-0.3, -0.25) is 9.69 Å². The van der Waals surface area contributed by atoms with Crippen LogP contribution in [0.25, 0.3) is 0 Å². The van der Waals surface area contributed by atoms with Crippen molar-refractivity contribution in [2.45, 2.75) is 26.3 Å². The van der Waals surface area contributed by atoms with Crippen molar-refractivity contribution in [2.24, 2.45) is 11.8 Å². The molecule has 4 rings (SSSR count). The molecule has 1 aromatic heterocycles. The van der Waals surface area contributed by atoms with Gasteiger partial charge in [-0.1, -0.05) is 26.0 Å². The SMILES string of the molecule is COc1ccc(C2CN(Cc3ccco3)CC2CN(CC(C)C)C(=O)c2ccc(F)cc2)cc1. The van der Waals surface area contributed by atoms with E-state index in [2.05, 4.69) is 30.9 Å². The lowest BCUT2D eigenvalue weighted by Gasteiger charge is -2.30. The number of benzene rings is 2. The van der Waals surface area contributed by atoms with E-state index in [0.717, 1.165) is 31.1 Å². The van der Waals surface area contributed by atoms with Crippen molar-refractivity contribution in [3.63, 3.8) is 0 Å². The number of likely N-dealkylation sites (tertiary alicyclic amines) is 1. The molecule has 2 atom stereocenters. The van der Waals surface area contributed by atoms with Crippen molar-refractivity contribution >= 4 is 5.91 Å². The van der Waals surface area contributed by atoms with E-state index in [1.54, 1.807) is 25.5 Å². The first kappa shape index (κ1) is 24.0. The normalized spacial score (nSPS) is 18.4. The van der Waals surface area contributed by atoms with Crippen molar-refractivity contribution < 1.29 is 18.3 Å². The van der Waals surface area contributed by atoms with Crippen LogP contribution < -0.4 is 4.74 Å². The summed E-state index contributed by atoms with van der Waals surface area (Å²) >= 11 is 0. The minimum absolute atomic E-state index is 0.0494. The highest BCUT2D eigenvalue weighted by Crippen LogP contribution is 2.35. The first-order chi connectivity index (χ1) is 16.4. The Morgan fingerprint density at radius 2 is 1.85 bits per heavy atom. The number of carbonyl (C=O) groups excluding carboxylic acids is 1. The fourth-order valence-corrected chi connectivity index (χ4v) is 4.87. The molecule has 1 amide bonds. The van der Waals surface area contributed by atoms with E-state index in [0.29, 0.717) is 24.6 Å². The molecule has 2 aromatic carbocycles. The Balaban J connectivity index is 1.57. The Labute approximate surface area is 201 Å². The van der Waals surface area contributed by atoms with Crippen LogP contribution in [0.1, 0.15) is 41.4 Å². The maximum atomic E-state index is 13.4. The molecule has 6 heteroatoms. The van der Waals surface area contributed by atoms with Gasteiger partial charge in [0, 0.05) is 37.7 Å². The van der Waals surface area contributed by atoms with E-state index in [-0.39, 0.29) is 23.6 Å². The zero-order valence-electron chi connectivity index (χ0n) is 20.1. The summed E-state index contributed by atoms with van der Waals surface area (Å²) in [7, 11) is 1.67. The van der Waals surface area contributed by atoms with E-state index < -0.39 is 0 Å². The number of methoxy groups -OCH3 is 1. The number of amides is 1. The van der Waals surface area contributed by atoms with Crippen molar-refractivity contribution in [1.29, 1.82) is 0 Å². The zero-order chi connectivity index (χ0) is 24.1. The minimum Gasteiger partial charge on any atom is -0.497 e. The number of nitrogens with zero attached hydrogens (tertiary/aromatic N) is 2. The third-order valence-electron chi connectivity index (χ3n) is 6.44. The smallest absolute Gasteiger partial charge is 0.253 e. The second-order valence-corrected chi connectivity index (χ2v) is 9.52. The van der Waals surface area contributed by atoms with Crippen LogP contribution in [0.15, 0.2) is 71.3 Å². The van der Waals surface area contributed by atoms with Crippen LogP contribution in [0.2, 0.25) is 0 Å².